The highest BCUT2D eigenvalue weighted by Crippen LogP contribution is 2.26. The summed E-state index contributed by atoms with van der Waals surface area (Å²) in [5.41, 5.74) is 1.34. The lowest BCUT2D eigenvalue weighted by atomic mass is 10.1. The number of anilines is 1. The predicted molar refractivity (Wildman–Crippen MR) is 72.7 cm³/mol. The Morgan fingerprint density at radius 2 is 2.11 bits per heavy atom. The SMILES string of the molecule is COCC(=O)N(CCC(=O)O)c1cccc(Cl)c1C. The molecule has 1 aromatic carbocycles. The summed E-state index contributed by atoms with van der Waals surface area (Å²) in [4.78, 5) is 24.0. The number of halogens is 1. The number of nitrogens with zero attached hydrogens (tertiary/aromatic N) is 1. The third-order valence-corrected chi connectivity index (χ3v) is 3.06. The minimum Gasteiger partial charge on any atom is -0.481 e. The van der Waals surface area contributed by atoms with Gasteiger partial charge in [0.25, 0.3) is 5.91 Å². The van der Waals surface area contributed by atoms with Gasteiger partial charge < -0.3 is 14.7 Å². The number of hydrogen-bond acceptors (Lipinski definition) is 3. The van der Waals surface area contributed by atoms with Gasteiger partial charge in [0.15, 0.2) is 0 Å². The Morgan fingerprint density at radius 1 is 1.42 bits per heavy atom. The number of amides is 1. The second-order valence-corrected chi connectivity index (χ2v) is 4.41. The molecule has 0 atom stereocenters. The number of carboxylic acid groups (broad SMARTS) is 1. The molecule has 1 amide bonds. The first-order valence-electron chi connectivity index (χ1n) is 5.73. The van der Waals surface area contributed by atoms with Crippen molar-refractivity contribution in [3.63, 3.8) is 0 Å². The second-order valence-electron chi connectivity index (χ2n) is 4.01. The highest BCUT2D eigenvalue weighted by Gasteiger charge is 2.19. The van der Waals surface area contributed by atoms with Crippen molar-refractivity contribution in [1.29, 1.82) is 0 Å². The van der Waals surface area contributed by atoms with E-state index in [9.17, 15) is 9.59 Å². The number of methoxy groups -OCH3 is 1. The maximum atomic E-state index is 12.0. The first-order chi connectivity index (χ1) is 8.97. The fraction of sp³-hybridized carbons (Fsp3) is 0.385. The number of carbonyl (C=O) groups is 2. The molecule has 0 aliphatic rings. The molecule has 1 rings (SSSR count). The van der Waals surface area contributed by atoms with Gasteiger partial charge in [0, 0.05) is 24.4 Å². The van der Waals surface area contributed by atoms with E-state index in [1.807, 2.05) is 0 Å². The molecule has 19 heavy (non-hydrogen) atoms. The number of carboxylic acids is 1. The van der Waals surface area contributed by atoms with Gasteiger partial charge in [0.05, 0.1) is 6.42 Å². The molecule has 0 spiro atoms. The van der Waals surface area contributed by atoms with Crippen molar-refractivity contribution in [2.45, 2.75) is 13.3 Å². The molecular formula is C13H16ClNO4. The molecule has 0 fully saturated rings. The third-order valence-electron chi connectivity index (χ3n) is 2.65. The smallest absolute Gasteiger partial charge is 0.305 e. The third kappa shape index (κ3) is 4.22. The Hall–Kier alpha value is -1.59. The molecule has 0 saturated carbocycles. The Morgan fingerprint density at radius 3 is 2.68 bits per heavy atom. The average Bonchev–Trinajstić information content (AvgIpc) is 2.34. The zero-order chi connectivity index (χ0) is 14.4. The molecule has 0 heterocycles. The zero-order valence-corrected chi connectivity index (χ0v) is 11.6. The van der Waals surface area contributed by atoms with Crippen LogP contribution in [-0.4, -0.2) is 37.2 Å². The number of rotatable bonds is 6. The van der Waals surface area contributed by atoms with Gasteiger partial charge >= 0.3 is 5.97 Å². The monoisotopic (exact) mass is 285 g/mol. The van der Waals surface area contributed by atoms with Crippen LogP contribution in [0.3, 0.4) is 0 Å². The van der Waals surface area contributed by atoms with E-state index in [0.29, 0.717) is 10.7 Å². The van der Waals surface area contributed by atoms with Gasteiger partial charge in [-0.3, -0.25) is 9.59 Å². The van der Waals surface area contributed by atoms with Crippen molar-refractivity contribution in [2.24, 2.45) is 0 Å². The molecule has 6 heteroatoms. The summed E-state index contributed by atoms with van der Waals surface area (Å²) in [5, 5.41) is 9.28. The zero-order valence-electron chi connectivity index (χ0n) is 10.9. The maximum Gasteiger partial charge on any atom is 0.305 e. The summed E-state index contributed by atoms with van der Waals surface area (Å²) >= 11 is 6.02. The number of carbonyl (C=O) groups excluding carboxylic acids is 1. The van der Waals surface area contributed by atoms with Crippen molar-refractivity contribution >= 4 is 29.2 Å². The van der Waals surface area contributed by atoms with Crippen LogP contribution in [-0.2, 0) is 14.3 Å². The standard InChI is InChI=1S/C13H16ClNO4/c1-9-10(14)4-3-5-11(9)15(7-6-13(17)18)12(16)8-19-2/h3-5H,6-8H2,1-2H3,(H,17,18). The number of benzene rings is 1. The van der Waals surface area contributed by atoms with Crippen LogP contribution in [0.1, 0.15) is 12.0 Å². The Labute approximate surface area is 116 Å². The van der Waals surface area contributed by atoms with E-state index in [1.165, 1.54) is 12.0 Å². The molecule has 0 radical (unpaired) electrons. The van der Waals surface area contributed by atoms with E-state index in [0.717, 1.165) is 5.56 Å². The van der Waals surface area contributed by atoms with Crippen molar-refractivity contribution in [3.8, 4) is 0 Å². The summed E-state index contributed by atoms with van der Waals surface area (Å²) in [6.07, 6.45) is -0.137. The Bertz CT molecular complexity index is 476. The fourth-order valence-electron chi connectivity index (χ4n) is 1.68. The number of ether oxygens (including phenoxy) is 1. The van der Waals surface area contributed by atoms with E-state index >= 15 is 0 Å². The van der Waals surface area contributed by atoms with Gasteiger partial charge in [0.2, 0.25) is 0 Å². The van der Waals surface area contributed by atoms with Gasteiger partial charge in [-0.1, -0.05) is 17.7 Å². The molecule has 0 aromatic heterocycles. The molecule has 104 valence electrons. The molecule has 1 N–H and O–H groups in total. The Balaban J connectivity index is 3.04. The average molecular weight is 286 g/mol. The van der Waals surface area contributed by atoms with Crippen molar-refractivity contribution in [3.05, 3.63) is 28.8 Å². The Kier molecular flexibility index (Phi) is 5.79. The minimum absolute atomic E-state index is 0.0821. The summed E-state index contributed by atoms with van der Waals surface area (Å²) in [5.74, 6) is -1.26. The summed E-state index contributed by atoms with van der Waals surface area (Å²) in [7, 11) is 1.41. The van der Waals surface area contributed by atoms with Crippen molar-refractivity contribution in [1.82, 2.24) is 0 Å². The molecular weight excluding hydrogens is 270 g/mol. The van der Waals surface area contributed by atoms with Gasteiger partial charge in [-0.05, 0) is 24.6 Å². The highest BCUT2D eigenvalue weighted by molar-refractivity contribution is 6.31. The van der Waals surface area contributed by atoms with Crippen molar-refractivity contribution < 1.29 is 19.4 Å². The van der Waals surface area contributed by atoms with Crippen LogP contribution in [0.25, 0.3) is 0 Å². The number of aliphatic carboxylic acids is 1. The van der Waals surface area contributed by atoms with Gasteiger partial charge in [-0.2, -0.15) is 0 Å². The van der Waals surface area contributed by atoms with E-state index in [-0.39, 0.29) is 25.5 Å². The van der Waals surface area contributed by atoms with Crippen LogP contribution >= 0.6 is 11.6 Å². The van der Waals surface area contributed by atoms with E-state index in [1.54, 1.807) is 25.1 Å². The quantitative estimate of drug-likeness (QED) is 0.869. The number of hydrogen-bond donors (Lipinski definition) is 1. The molecule has 0 unspecified atom stereocenters. The van der Waals surface area contributed by atoms with E-state index in [2.05, 4.69) is 0 Å². The van der Waals surface area contributed by atoms with E-state index < -0.39 is 5.97 Å². The van der Waals surface area contributed by atoms with Gasteiger partial charge in [-0.25, -0.2) is 0 Å². The van der Waals surface area contributed by atoms with Crippen LogP contribution in [0.4, 0.5) is 5.69 Å². The van der Waals surface area contributed by atoms with Gasteiger partial charge in [-0.15, -0.1) is 0 Å². The van der Waals surface area contributed by atoms with Crippen LogP contribution in [0.5, 0.6) is 0 Å². The summed E-state index contributed by atoms with van der Waals surface area (Å²) in [6.45, 7) is 1.76. The fourth-order valence-corrected chi connectivity index (χ4v) is 1.85. The second kappa shape index (κ2) is 7.11. The normalized spacial score (nSPS) is 10.3. The molecule has 0 aliphatic heterocycles. The lowest BCUT2D eigenvalue weighted by Gasteiger charge is -2.24. The largest absolute Gasteiger partial charge is 0.481 e. The van der Waals surface area contributed by atoms with Crippen molar-refractivity contribution in [2.75, 3.05) is 25.2 Å². The lowest BCUT2D eigenvalue weighted by molar-refractivity contribution is -0.136. The van der Waals surface area contributed by atoms with Gasteiger partial charge in [0.1, 0.15) is 6.61 Å². The van der Waals surface area contributed by atoms with Crippen LogP contribution in [0.2, 0.25) is 5.02 Å². The van der Waals surface area contributed by atoms with Crippen LogP contribution in [0, 0.1) is 6.92 Å². The van der Waals surface area contributed by atoms with Crippen LogP contribution < -0.4 is 4.90 Å². The first-order valence-corrected chi connectivity index (χ1v) is 6.11. The maximum absolute atomic E-state index is 12.0. The minimum atomic E-state index is -0.963. The molecule has 0 aliphatic carbocycles. The summed E-state index contributed by atoms with van der Waals surface area (Å²) < 4.78 is 4.81. The van der Waals surface area contributed by atoms with E-state index in [4.69, 9.17) is 21.4 Å². The van der Waals surface area contributed by atoms with Crippen LogP contribution in [0.15, 0.2) is 18.2 Å². The first kappa shape index (κ1) is 15.5. The molecule has 1 aromatic rings. The summed E-state index contributed by atoms with van der Waals surface area (Å²) in [6, 6.07) is 5.17. The molecule has 0 saturated heterocycles. The topological polar surface area (TPSA) is 66.8 Å². The molecule has 0 bridgehead atoms. The molecule has 5 nitrogen and oxygen atoms in total. The highest BCUT2D eigenvalue weighted by atomic mass is 35.5. The predicted octanol–water partition coefficient (Wildman–Crippen LogP) is 2.10. The lowest BCUT2D eigenvalue weighted by Crippen LogP contribution is -2.36.